The van der Waals surface area contributed by atoms with E-state index in [0.29, 0.717) is 11.1 Å². The monoisotopic (exact) mass is 315 g/mol. The second kappa shape index (κ2) is 7.12. The first-order chi connectivity index (χ1) is 10.9. The van der Waals surface area contributed by atoms with Gasteiger partial charge in [0.1, 0.15) is 11.6 Å². The second-order valence-electron chi connectivity index (χ2n) is 5.25. The number of aryl methyl sites for hydroxylation is 1. The highest BCUT2D eigenvalue weighted by Gasteiger charge is 2.27. The van der Waals surface area contributed by atoms with Crippen LogP contribution in [-0.2, 0) is 6.42 Å². The number of nitrogen functional groups attached to an aromatic ring is 1. The molecule has 0 radical (unpaired) electrons. The molecule has 0 fully saturated rings. The summed E-state index contributed by atoms with van der Waals surface area (Å²) in [5.74, 6) is -1.23. The quantitative estimate of drug-likeness (QED) is 0.495. The number of nitrogens with zero attached hydrogens (tertiary/aromatic N) is 1. The minimum Gasteiger partial charge on any atom is -0.507 e. The molecule has 6 N–H and O–H groups in total. The van der Waals surface area contributed by atoms with Crippen LogP contribution in [0.2, 0.25) is 0 Å². The first-order valence-corrected chi connectivity index (χ1v) is 7.04. The molecule has 7 nitrogen and oxygen atoms in total. The van der Waals surface area contributed by atoms with Crippen LogP contribution in [0.3, 0.4) is 0 Å². The molecule has 2 rings (SSSR count). The van der Waals surface area contributed by atoms with E-state index in [1.807, 2.05) is 0 Å². The standard InChI is InChI=1S/C15H18BN3O4/c1-9-3-2-4-10(14(9)20)7-12(16(22)23)19-15(21)11-5-6-18-13(17)8-11/h2-6,8,12,20,22-23H,7H2,1H3,(H2,17,18)(H,19,21)/t12-/m0/s1. The SMILES string of the molecule is Cc1cccc(C[C@H](NC(=O)c2ccnc(N)c2)B(O)O)c1O. The van der Waals surface area contributed by atoms with Crippen molar-refractivity contribution in [2.75, 3.05) is 5.73 Å². The molecule has 1 amide bonds. The van der Waals surface area contributed by atoms with Crippen molar-refractivity contribution in [3.8, 4) is 5.75 Å². The minimum absolute atomic E-state index is 0.0670. The number of aromatic hydroxyl groups is 1. The molecule has 0 saturated heterocycles. The number of carbonyl (C=O) groups excluding carboxylic acids is 1. The van der Waals surface area contributed by atoms with Crippen LogP contribution in [0.5, 0.6) is 5.75 Å². The normalized spacial score (nSPS) is 11.8. The van der Waals surface area contributed by atoms with Crippen LogP contribution in [0, 0.1) is 6.92 Å². The van der Waals surface area contributed by atoms with Crippen LogP contribution in [0.4, 0.5) is 5.82 Å². The Kier molecular flexibility index (Phi) is 5.20. The maximum atomic E-state index is 12.2. The lowest BCUT2D eigenvalue weighted by atomic mass is 9.75. The number of hydrogen-bond donors (Lipinski definition) is 5. The summed E-state index contributed by atoms with van der Waals surface area (Å²) in [6, 6.07) is 8.00. The molecular weight excluding hydrogens is 297 g/mol. The number of carbonyl (C=O) groups is 1. The zero-order valence-corrected chi connectivity index (χ0v) is 12.6. The van der Waals surface area contributed by atoms with Crippen LogP contribution >= 0.6 is 0 Å². The Hall–Kier alpha value is -2.58. The van der Waals surface area contributed by atoms with Gasteiger partial charge in [-0.1, -0.05) is 18.2 Å². The van der Waals surface area contributed by atoms with Gasteiger partial charge >= 0.3 is 7.12 Å². The molecule has 1 aromatic heterocycles. The van der Waals surface area contributed by atoms with Crippen molar-refractivity contribution in [2.24, 2.45) is 0 Å². The van der Waals surface area contributed by atoms with E-state index in [2.05, 4.69) is 10.3 Å². The molecular formula is C15H18BN3O4. The molecule has 120 valence electrons. The number of pyridine rings is 1. The summed E-state index contributed by atoms with van der Waals surface area (Å²) in [5, 5.41) is 31.5. The average Bonchev–Trinajstić information content (AvgIpc) is 2.50. The molecule has 0 unspecified atom stereocenters. The van der Waals surface area contributed by atoms with Crippen molar-refractivity contribution in [1.29, 1.82) is 0 Å². The lowest BCUT2D eigenvalue weighted by Gasteiger charge is -2.19. The van der Waals surface area contributed by atoms with E-state index >= 15 is 0 Å². The van der Waals surface area contributed by atoms with Crippen molar-refractivity contribution in [3.63, 3.8) is 0 Å². The van der Waals surface area contributed by atoms with Gasteiger partial charge in [0.05, 0.1) is 5.94 Å². The summed E-state index contributed by atoms with van der Waals surface area (Å²) in [6.45, 7) is 1.74. The van der Waals surface area contributed by atoms with E-state index in [0.717, 1.165) is 0 Å². The van der Waals surface area contributed by atoms with Gasteiger partial charge in [0.2, 0.25) is 0 Å². The Morgan fingerprint density at radius 3 is 2.78 bits per heavy atom. The highest BCUT2D eigenvalue weighted by Crippen LogP contribution is 2.23. The zero-order valence-electron chi connectivity index (χ0n) is 12.6. The highest BCUT2D eigenvalue weighted by molar-refractivity contribution is 6.43. The molecule has 8 heteroatoms. The van der Waals surface area contributed by atoms with Crippen molar-refractivity contribution in [2.45, 2.75) is 19.3 Å². The lowest BCUT2D eigenvalue weighted by Crippen LogP contribution is -2.47. The topological polar surface area (TPSA) is 129 Å². The molecule has 0 aliphatic heterocycles. The third-order valence-corrected chi connectivity index (χ3v) is 3.48. The number of hydrogen-bond acceptors (Lipinski definition) is 6. The fourth-order valence-electron chi connectivity index (χ4n) is 2.19. The third-order valence-electron chi connectivity index (χ3n) is 3.48. The third kappa shape index (κ3) is 4.21. The molecule has 1 heterocycles. The Morgan fingerprint density at radius 2 is 2.13 bits per heavy atom. The second-order valence-corrected chi connectivity index (χ2v) is 5.25. The molecule has 0 spiro atoms. The summed E-state index contributed by atoms with van der Waals surface area (Å²) >= 11 is 0. The van der Waals surface area contributed by atoms with E-state index in [1.165, 1.54) is 18.3 Å². The zero-order chi connectivity index (χ0) is 17.0. The average molecular weight is 315 g/mol. The Bertz CT molecular complexity index is 709. The molecule has 1 aromatic carbocycles. The van der Waals surface area contributed by atoms with Gasteiger partial charge in [0, 0.05) is 11.8 Å². The van der Waals surface area contributed by atoms with E-state index in [1.54, 1.807) is 25.1 Å². The summed E-state index contributed by atoms with van der Waals surface area (Å²) < 4.78 is 0. The lowest BCUT2D eigenvalue weighted by molar-refractivity contribution is 0.0941. The number of phenols is 1. The number of aromatic nitrogens is 1. The molecule has 2 aromatic rings. The molecule has 23 heavy (non-hydrogen) atoms. The van der Waals surface area contributed by atoms with Crippen LogP contribution < -0.4 is 11.1 Å². The van der Waals surface area contributed by atoms with Gasteiger partial charge in [0.25, 0.3) is 5.91 Å². The number of para-hydroxylation sites is 1. The predicted molar refractivity (Wildman–Crippen MR) is 86.6 cm³/mol. The number of nitrogens with two attached hydrogens (primary N) is 1. The van der Waals surface area contributed by atoms with Crippen molar-refractivity contribution in [3.05, 3.63) is 53.2 Å². The van der Waals surface area contributed by atoms with Crippen molar-refractivity contribution in [1.82, 2.24) is 10.3 Å². The van der Waals surface area contributed by atoms with Crippen molar-refractivity contribution >= 4 is 18.8 Å². The predicted octanol–water partition coefficient (Wildman–Crippen LogP) is 0.0309. The Balaban J connectivity index is 2.16. The Labute approximate surface area is 133 Å². The van der Waals surface area contributed by atoms with Crippen LogP contribution in [0.1, 0.15) is 21.5 Å². The van der Waals surface area contributed by atoms with Crippen molar-refractivity contribution < 1.29 is 19.9 Å². The van der Waals surface area contributed by atoms with Gasteiger partial charge in [-0.2, -0.15) is 0 Å². The molecule has 0 aliphatic carbocycles. The number of rotatable bonds is 5. The number of amides is 1. The maximum absolute atomic E-state index is 12.2. The minimum atomic E-state index is -1.78. The largest absolute Gasteiger partial charge is 0.507 e. The molecule has 1 atom stereocenters. The number of anilines is 1. The number of phenolic OH excluding ortho intramolecular Hbond substituents is 1. The summed E-state index contributed by atoms with van der Waals surface area (Å²) in [5.41, 5.74) is 6.97. The van der Waals surface area contributed by atoms with E-state index in [4.69, 9.17) is 5.73 Å². The van der Waals surface area contributed by atoms with Gasteiger partial charge in [0.15, 0.2) is 0 Å². The van der Waals surface area contributed by atoms with E-state index < -0.39 is 19.0 Å². The first kappa shape index (κ1) is 16.8. The van der Waals surface area contributed by atoms with E-state index in [9.17, 15) is 19.9 Å². The van der Waals surface area contributed by atoms with Crippen LogP contribution in [0.25, 0.3) is 0 Å². The van der Waals surface area contributed by atoms with Gasteiger partial charge < -0.3 is 26.2 Å². The first-order valence-electron chi connectivity index (χ1n) is 7.04. The van der Waals surface area contributed by atoms with Gasteiger partial charge in [-0.15, -0.1) is 0 Å². The molecule has 0 aliphatic rings. The number of benzene rings is 1. The smallest absolute Gasteiger partial charge is 0.475 e. The Morgan fingerprint density at radius 1 is 1.39 bits per heavy atom. The van der Waals surface area contributed by atoms with Gasteiger partial charge in [-0.3, -0.25) is 4.79 Å². The molecule has 0 bridgehead atoms. The van der Waals surface area contributed by atoms with E-state index in [-0.39, 0.29) is 23.6 Å². The fraction of sp³-hybridized carbons (Fsp3) is 0.200. The highest BCUT2D eigenvalue weighted by atomic mass is 16.4. The van der Waals surface area contributed by atoms with Crippen LogP contribution in [-0.4, -0.2) is 39.1 Å². The number of nitrogens with one attached hydrogen (secondary N) is 1. The van der Waals surface area contributed by atoms with Crippen LogP contribution in [0.15, 0.2) is 36.5 Å². The summed E-state index contributed by atoms with van der Waals surface area (Å²) in [6.07, 6.45) is 1.46. The maximum Gasteiger partial charge on any atom is 0.475 e. The molecule has 0 saturated carbocycles. The van der Waals surface area contributed by atoms with Gasteiger partial charge in [-0.05, 0) is 36.6 Å². The fourth-order valence-corrected chi connectivity index (χ4v) is 2.19. The summed E-state index contributed by atoms with van der Waals surface area (Å²) in [4.78, 5) is 16.0. The van der Waals surface area contributed by atoms with Gasteiger partial charge in [-0.25, -0.2) is 4.98 Å². The summed E-state index contributed by atoms with van der Waals surface area (Å²) in [7, 11) is -1.78.